The Morgan fingerprint density at radius 3 is 2.79 bits per heavy atom. The Balaban J connectivity index is 1.43. The molecule has 0 radical (unpaired) electrons. The lowest BCUT2D eigenvalue weighted by molar-refractivity contribution is 0.0693. The third-order valence-electron chi connectivity index (χ3n) is 6.77. The minimum Gasteiger partial charge on any atom is -0.494 e. The molecule has 8 nitrogen and oxygen atoms in total. The van der Waals surface area contributed by atoms with Crippen LogP contribution in [0.25, 0.3) is 0 Å². The van der Waals surface area contributed by atoms with Gasteiger partial charge in [0.2, 0.25) is 0 Å². The summed E-state index contributed by atoms with van der Waals surface area (Å²) in [5, 5.41) is 2.90. The van der Waals surface area contributed by atoms with Crippen molar-refractivity contribution in [3.05, 3.63) is 113 Å². The molecule has 2 aromatic carbocycles. The number of amides is 2. The Labute approximate surface area is 220 Å². The van der Waals surface area contributed by atoms with Crippen molar-refractivity contribution in [1.82, 2.24) is 20.2 Å². The molecule has 0 saturated heterocycles. The molecule has 2 aromatic heterocycles. The van der Waals surface area contributed by atoms with Crippen LogP contribution in [0.15, 0.2) is 85.5 Å². The summed E-state index contributed by atoms with van der Waals surface area (Å²) in [5.41, 5.74) is 4.07. The number of benzene rings is 2. The Morgan fingerprint density at radius 2 is 1.89 bits per heavy atom. The summed E-state index contributed by atoms with van der Waals surface area (Å²) in [7, 11) is 0. The van der Waals surface area contributed by atoms with E-state index in [0.717, 1.165) is 16.7 Å². The first kappa shape index (κ1) is 23.7. The van der Waals surface area contributed by atoms with E-state index in [9.17, 15) is 9.59 Å². The summed E-state index contributed by atoms with van der Waals surface area (Å²) < 4.78 is 12.1. The number of nitrogens with zero attached hydrogens (tertiary/aromatic N) is 3. The zero-order valence-electron chi connectivity index (χ0n) is 20.7. The highest BCUT2D eigenvalue weighted by Gasteiger charge is 2.33. The number of fused-ring (bicyclic) bond motifs is 6. The molecule has 38 heavy (non-hydrogen) atoms. The molecule has 3 aliphatic rings. The second-order valence-electron chi connectivity index (χ2n) is 9.30. The molecule has 0 fully saturated rings. The van der Waals surface area contributed by atoms with Crippen molar-refractivity contribution in [3.63, 3.8) is 0 Å². The van der Waals surface area contributed by atoms with Gasteiger partial charge in [0.05, 0.1) is 30.0 Å². The Bertz CT molecular complexity index is 1490. The van der Waals surface area contributed by atoms with E-state index in [1.54, 1.807) is 36.8 Å². The van der Waals surface area contributed by atoms with Crippen LogP contribution in [0.1, 0.15) is 49.9 Å². The van der Waals surface area contributed by atoms with E-state index >= 15 is 0 Å². The number of pyridine rings is 2. The van der Waals surface area contributed by atoms with Crippen LogP contribution < -0.4 is 14.8 Å². The molecule has 1 unspecified atom stereocenters. The summed E-state index contributed by atoms with van der Waals surface area (Å²) in [5.74, 6) is 1.56. The summed E-state index contributed by atoms with van der Waals surface area (Å²) in [6.45, 7) is 1.44. The average molecular weight is 507 g/mol. The van der Waals surface area contributed by atoms with Gasteiger partial charge in [-0.3, -0.25) is 19.6 Å². The fourth-order valence-electron chi connectivity index (χ4n) is 4.98. The standard InChI is InChI=1S/C30H26N4O4/c35-29-23-16-26(19-32-18-23)38-25-7-8-27-20(14-25)9-12-34(30(36)22-5-2-10-31-17-22)28(27)21-4-1-6-24(15-21)37-13-3-11-33-29/h1-2,4-8,10,14-19,28H,3,9,11-13H2,(H,33,35). The van der Waals surface area contributed by atoms with E-state index in [-0.39, 0.29) is 17.9 Å². The van der Waals surface area contributed by atoms with Crippen LogP contribution >= 0.6 is 0 Å². The molecule has 190 valence electrons. The Hall–Kier alpha value is -4.72. The van der Waals surface area contributed by atoms with E-state index in [4.69, 9.17) is 9.47 Å². The number of hydrogen-bond donors (Lipinski definition) is 1. The quantitative estimate of drug-likeness (QED) is 0.407. The predicted octanol–water partition coefficient (Wildman–Crippen LogP) is 4.57. The summed E-state index contributed by atoms with van der Waals surface area (Å²) in [6, 6.07) is 18.7. The molecule has 7 rings (SSSR count). The van der Waals surface area contributed by atoms with Crippen LogP contribution in [0.4, 0.5) is 0 Å². The molecule has 0 spiro atoms. The molecule has 5 heterocycles. The van der Waals surface area contributed by atoms with Crippen LogP contribution in [0.3, 0.4) is 0 Å². The van der Waals surface area contributed by atoms with E-state index in [2.05, 4.69) is 15.3 Å². The van der Waals surface area contributed by atoms with Crippen molar-refractivity contribution in [3.8, 4) is 17.2 Å². The smallest absolute Gasteiger partial charge is 0.256 e. The van der Waals surface area contributed by atoms with Crippen molar-refractivity contribution < 1.29 is 19.1 Å². The fraction of sp³-hybridized carbons (Fsp3) is 0.200. The normalized spacial score (nSPS) is 16.9. The maximum absolute atomic E-state index is 13.7. The monoisotopic (exact) mass is 506 g/mol. The van der Waals surface area contributed by atoms with Gasteiger partial charge >= 0.3 is 0 Å². The third-order valence-corrected chi connectivity index (χ3v) is 6.77. The molecular formula is C30H26N4O4. The van der Waals surface area contributed by atoms with Crippen molar-refractivity contribution in [2.75, 3.05) is 19.7 Å². The van der Waals surface area contributed by atoms with Crippen LogP contribution in [0.2, 0.25) is 0 Å². The van der Waals surface area contributed by atoms with Gasteiger partial charge in [-0.05, 0) is 72.0 Å². The number of hydrogen-bond acceptors (Lipinski definition) is 6. The number of ether oxygens (including phenoxy) is 2. The number of rotatable bonds is 1. The van der Waals surface area contributed by atoms with Crippen molar-refractivity contribution in [2.24, 2.45) is 0 Å². The summed E-state index contributed by atoms with van der Waals surface area (Å²) in [6.07, 6.45) is 7.69. The first-order valence-corrected chi connectivity index (χ1v) is 12.6. The Kier molecular flexibility index (Phi) is 6.44. The highest BCUT2D eigenvalue weighted by atomic mass is 16.5. The lowest BCUT2D eigenvalue weighted by Gasteiger charge is -2.38. The average Bonchev–Trinajstić information content (AvgIpc) is 2.96. The second kappa shape index (κ2) is 10.3. The van der Waals surface area contributed by atoms with E-state index in [1.807, 2.05) is 47.4 Å². The first-order chi connectivity index (χ1) is 18.7. The molecule has 4 aromatic rings. The van der Waals surface area contributed by atoms with Crippen LogP contribution in [-0.4, -0.2) is 46.4 Å². The largest absolute Gasteiger partial charge is 0.494 e. The highest BCUT2D eigenvalue weighted by Crippen LogP contribution is 2.39. The lowest BCUT2D eigenvalue weighted by atomic mass is 9.87. The minimum absolute atomic E-state index is 0.0684. The van der Waals surface area contributed by atoms with Gasteiger partial charge in [0.1, 0.15) is 17.2 Å². The Morgan fingerprint density at radius 1 is 0.947 bits per heavy atom. The maximum Gasteiger partial charge on any atom is 0.256 e. The van der Waals surface area contributed by atoms with Crippen LogP contribution in [-0.2, 0) is 6.42 Å². The molecule has 3 aliphatic heterocycles. The van der Waals surface area contributed by atoms with Gasteiger partial charge in [-0.15, -0.1) is 0 Å². The number of aromatic nitrogens is 2. The minimum atomic E-state index is -0.299. The van der Waals surface area contributed by atoms with E-state index in [1.165, 1.54) is 6.20 Å². The molecule has 0 aliphatic carbocycles. The molecule has 8 heteroatoms. The number of carbonyl (C=O) groups excluding carboxylic acids is 2. The molecule has 2 amide bonds. The second-order valence-corrected chi connectivity index (χ2v) is 9.30. The molecule has 1 atom stereocenters. The summed E-state index contributed by atoms with van der Waals surface area (Å²) in [4.78, 5) is 36.5. The van der Waals surface area contributed by atoms with Crippen molar-refractivity contribution in [1.29, 1.82) is 0 Å². The van der Waals surface area contributed by atoms with Crippen LogP contribution in [0.5, 0.6) is 17.2 Å². The van der Waals surface area contributed by atoms with Gasteiger partial charge in [0.15, 0.2) is 0 Å². The fourth-order valence-corrected chi connectivity index (χ4v) is 4.98. The van der Waals surface area contributed by atoms with Crippen LogP contribution in [0, 0.1) is 0 Å². The topological polar surface area (TPSA) is 93.7 Å². The first-order valence-electron chi connectivity index (χ1n) is 12.6. The number of carbonyl (C=O) groups is 2. The molecule has 8 bridgehead atoms. The highest BCUT2D eigenvalue weighted by molar-refractivity contribution is 5.95. The van der Waals surface area contributed by atoms with E-state index in [0.29, 0.717) is 60.9 Å². The van der Waals surface area contributed by atoms with Gasteiger partial charge in [-0.25, -0.2) is 0 Å². The van der Waals surface area contributed by atoms with Gasteiger partial charge in [0, 0.05) is 31.7 Å². The van der Waals surface area contributed by atoms with Gasteiger partial charge in [-0.2, -0.15) is 0 Å². The molecular weight excluding hydrogens is 480 g/mol. The predicted molar refractivity (Wildman–Crippen MR) is 140 cm³/mol. The van der Waals surface area contributed by atoms with Gasteiger partial charge in [-0.1, -0.05) is 18.2 Å². The zero-order valence-corrected chi connectivity index (χ0v) is 20.7. The SMILES string of the molecule is O=C1NCCCOc2cccc(c2)C2c3ccc(cc3CCN2C(=O)c2cccnc2)Oc2cncc1c2. The van der Waals surface area contributed by atoms with Gasteiger partial charge < -0.3 is 19.7 Å². The lowest BCUT2D eigenvalue weighted by Crippen LogP contribution is -2.40. The zero-order chi connectivity index (χ0) is 25.9. The third kappa shape index (κ3) is 4.80. The number of nitrogens with one attached hydrogen (secondary N) is 1. The molecule has 1 N–H and O–H groups in total. The van der Waals surface area contributed by atoms with Crippen molar-refractivity contribution >= 4 is 11.8 Å². The van der Waals surface area contributed by atoms with E-state index < -0.39 is 0 Å². The maximum atomic E-state index is 13.7. The summed E-state index contributed by atoms with van der Waals surface area (Å²) >= 11 is 0. The van der Waals surface area contributed by atoms with Gasteiger partial charge in [0.25, 0.3) is 11.8 Å². The molecule has 0 saturated carbocycles. The van der Waals surface area contributed by atoms with Crippen molar-refractivity contribution in [2.45, 2.75) is 18.9 Å².